The summed E-state index contributed by atoms with van der Waals surface area (Å²) < 4.78 is 0. The molecule has 14 heavy (non-hydrogen) atoms. The maximum absolute atomic E-state index is 4.11. The van der Waals surface area contributed by atoms with E-state index in [1.807, 2.05) is 13.2 Å². The van der Waals surface area contributed by atoms with Crippen molar-refractivity contribution in [3.63, 3.8) is 0 Å². The van der Waals surface area contributed by atoms with Gasteiger partial charge in [0.2, 0.25) is 0 Å². The fourth-order valence-corrected chi connectivity index (χ4v) is 1.59. The van der Waals surface area contributed by atoms with Gasteiger partial charge in [0.25, 0.3) is 0 Å². The molecule has 0 spiro atoms. The number of hydrogen-bond donors (Lipinski definition) is 2. The summed E-state index contributed by atoms with van der Waals surface area (Å²) in [4.78, 5) is 0. The summed E-state index contributed by atoms with van der Waals surface area (Å²) in [5.41, 5.74) is 2.70. The number of aromatic amines is 1. The van der Waals surface area contributed by atoms with E-state index in [9.17, 15) is 0 Å². The Morgan fingerprint density at radius 1 is 1.50 bits per heavy atom. The maximum Gasteiger partial charge on any atom is 0.0522 e. The smallest absolute Gasteiger partial charge is 0.0522 e. The zero-order chi connectivity index (χ0) is 10.4. The van der Waals surface area contributed by atoms with E-state index < -0.39 is 0 Å². The third-order valence-electron chi connectivity index (χ3n) is 2.29. The number of aryl methyl sites for hydroxylation is 1. The first-order valence-electron chi connectivity index (χ1n) is 5.39. The largest absolute Gasteiger partial charge is 0.320 e. The van der Waals surface area contributed by atoms with E-state index in [1.165, 1.54) is 17.7 Å². The van der Waals surface area contributed by atoms with Gasteiger partial charge in [0.15, 0.2) is 0 Å². The predicted octanol–water partition coefficient (Wildman–Crippen LogP) is 1.76. The van der Waals surface area contributed by atoms with Gasteiger partial charge >= 0.3 is 0 Å². The van der Waals surface area contributed by atoms with Crippen molar-refractivity contribution in [1.82, 2.24) is 15.5 Å². The number of rotatable bonds is 6. The van der Waals surface area contributed by atoms with Gasteiger partial charge in [0.1, 0.15) is 0 Å². The topological polar surface area (TPSA) is 40.7 Å². The van der Waals surface area contributed by atoms with Gasteiger partial charge in [0, 0.05) is 5.69 Å². The van der Waals surface area contributed by atoms with Crippen molar-refractivity contribution in [3.8, 4) is 0 Å². The molecule has 0 aromatic carbocycles. The van der Waals surface area contributed by atoms with Crippen molar-refractivity contribution in [2.24, 2.45) is 5.92 Å². The normalized spacial score (nSPS) is 11.1. The molecule has 3 nitrogen and oxygen atoms in total. The molecule has 0 atom stereocenters. The minimum absolute atomic E-state index is 0.693. The van der Waals surface area contributed by atoms with Crippen LogP contribution in [0.15, 0.2) is 6.20 Å². The maximum atomic E-state index is 4.11. The summed E-state index contributed by atoms with van der Waals surface area (Å²) in [6.07, 6.45) is 5.38. The Morgan fingerprint density at radius 3 is 2.93 bits per heavy atom. The molecule has 0 aliphatic carbocycles. The molecule has 1 heterocycles. The lowest BCUT2D eigenvalue weighted by Gasteiger charge is -2.05. The number of nitrogens with zero attached hydrogens (tertiary/aromatic N) is 1. The molecule has 0 aliphatic heterocycles. The van der Waals surface area contributed by atoms with E-state index in [-0.39, 0.29) is 0 Å². The summed E-state index contributed by atoms with van der Waals surface area (Å²) in [5.74, 6) is 0.693. The van der Waals surface area contributed by atoms with Crippen LogP contribution >= 0.6 is 0 Å². The van der Waals surface area contributed by atoms with Gasteiger partial charge in [0.05, 0.1) is 6.20 Å². The Morgan fingerprint density at radius 2 is 2.29 bits per heavy atom. The molecule has 0 aliphatic rings. The second kappa shape index (κ2) is 5.81. The summed E-state index contributed by atoms with van der Waals surface area (Å²) >= 11 is 0. The zero-order valence-corrected chi connectivity index (χ0v) is 9.43. The molecule has 0 saturated heterocycles. The van der Waals surface area contributed by atoms with Gasteiger partial charge in [-0.1, -0.05) is 13.8 Å². The molecule has 80 valence electrons. The molecule has 0 amide bonds. The average Bonchev–Trinajstić information content (AvgIpc) is 2.52. The van der Waals surface area contributed by atoms with E-state index >= 15 is 0 Å². The molecule has 1 rings (SSSR count). The second-order valence-electron chi connectivity index (χ2n) is 4.18. The lowest BCUT2D eigenvalue weighted by atomic mass is 10.0. The van der Waals surface area contributed by atoms with Crippen molar-refractivity contribution >= 4 is 0 Å². The Kier molecular flexibility index (Phi) is 4.66. The van der Waals surface area contributed by atoms with Crippen LogP contribution < -0.4 is 5.32 Å². The fraction of sp³-hybridized carbons (Fsp3) is 0.727. The first-order chi connectivity index (χ1) is 6.74. The highest BCUT2D eigenvalue weighted by Crippen LogP contribution is 2.12. The highest BCUT2D eigenvalue weighted by molar-refractivity contribution is 5.16. The predicted molar refractivity (Wildman–Crippen MR) is 59.4 cm³/mol. The summed E-state index contributed by atoms with van der Waals surface area (Å²) in [6.45, 7) is 5.54. The van der Waals surface area contributed by atoms with Crippen molar-refractivity contribution in [1.29, 1.82) is 0 Å². The fourth-order valence-electron chi connectivity index (χ4n) is 1.59. The molecule has 0 unspecified atom stereocenters. The molecule has 1 aromatic rings. The van der Waals surface area contributed by atoms with Crippen molar-refractivity contribution < 1.29 is 0 Å². The van der Waals surface area contributed by atoms with Crippen LogP contribution in [0, 0.1) is 5.92 Å². The van der Waals surface area contributed by atoms with Crippen LogP contribution in [0.2, 0.25) is 0 Å². The van der Waals surface area contributed by atoms with Gasteiger partial charge < -0.3 is 5.32 Å². The Labute approximate surface area is 86.3 Å². The summed E-state index contributed by atoms with van der Waals surface area (Å²) in [7, 11) is 1.99. The third kappa shape index (κ3) is 3.50. The summed E-state index contributed by atoms with van der Waals surface area (Å²) in [6, 6.07) is 0. The molecule has 3 heteroatoms. The second-order valence-corrected chi connectivity index (χ2v) is 4.18. The van der Waals surface area contributed by atoms with E-state index in [2.05, 4.69) is 29.4 Å². The first-order valence-corrected chi connectivity index (χ1v) is 5.39. The van der Waals surface area contributed by atoms with Crippen LogP contribution in [0.1, 0.15) is 31.5 Å². The van der Waals surface area contributed by atoms with Crippen molar-refractivity contribution in [3.05, 3.63) is 17.5 Å². The molecule has 0 fully saturated rings. The summed E-state index contributed by atoms with van der Waals surface area (Å²) in [5, 5.41) is 10.4. The lowest BCUT2D eigenvalue weighted by molar-refractivity contribution is 0.626. The standard InChI is InChI=1S/C11H21N3/c1-9(2)7-11-10(8-13-14-11)5-4-6-12-3/h8-9,12H,4-7H2,1-3H3,(H,13,14). The molecule has 1 aromatic heterocycles. The van der Waals surface area contributed by atoms with E-state index in [0.29, 0.717) is 5.92 Å². The minimum Gasteiger partial charge on any atom is -0.320 e. The number of aromatic nitrogens is 2. The van der Waals surface area contributed by atoms with E-state index in [1.54, 1.807) is 0 Å². The van der Waals surface area contributed by atoms with Crippen molar-refractivity contribution in [2.45, 2.75) is 33.1 Å². The zero-order valence-electron chi connectivity index (χ0n) is 9.43. The number of H-pyrrole nitrogens is 1. The molecule has 2 N–H and O–H groups in total. The van der Waals surface area contributed by atoms with Gasteiger partial charge in [-0.15, -0.1) is 0 Å². The highest BCUT2D eigenvalue weighted by Gasteiger charge is 2.06. The van der Waals surface area contributed by atoms with E-state index in [4.69, 9.17) is 0 Å². The first kappa shape index (κ1) is 11.2. The van der Waals surface area contributed by atoms with Crippen LogP contribution in [0.3, 0.4) is 0 Å². The van der Waals surface area contributed by atoms with Gasteiger partial charge in [-0.25, -0.2) is 0 Å². The molecule has 0 saturated carbocycles. The quantitative estimate of drug-likeness (QED) is 0.679. The minimum atomic E-state index is 0.693. The average molecular weight is 195 g/mol. The highest BCUT2D eigenvalue weighted by atomic mass is 15.1. The third-order valence-corrected chi connectivity index (χ3v) is 2.29. The lowest BCUT2D eigenvalue weighted by Crippen LogP contribution is -2.09. The van der Waals surface area contributed by atoms with Gasteiger partial charge in [-0.2, -0.15) is 5.10 Å². The van der Waals surface area contributed by atoms with Gasteiger partial charge in [-0.3, -0.25) is 5.10 Å². The number of nitrogens with one attached hydrogen (secondary N) is 2. The Bertz CT molecular complexity index is 253. The number of hydrogen-bond acceptors (Lipinski definition) is 2. The SMILES string of the molecule is CNCCCc1cn[nH]c1CC(C)C. The molecular formula is C11H21N3. The van der Waals surface area contributed by atoms with E-state index in [0.717, 1.165) is 19.4 Å². The van der Waals surface area contributed by atoms with Crippen LogP contribution in [0.4, 0.5) is 0 Å². The van der Waals surface area contributed by atoms with Crippen LogP contribution in [0.5, 0.6) is 0 Å². The molecular weight excluding hydrogens is 174 g/mol. The van der Waals surface area contributed by atoms with Crippen LogP contribution in [-0.2, 0) is 12.8 Å². The van der Waals surface area contributed by atoms with Crippen LogP contribution in [0.25, 0.3) is 0 Å². The van der Waals surface area contributed by atoms with Crippen LogP contribution in [-0.4, -0.2) is 23.8 Å². The molecule has 0 radical (unpaired) electrons. The Balaban J connectivity index is 2.45. The Hall–Kier alpha value is -0.830. The van der Waals surface area contributed by atoms with Gasteiger partial charge in [-0.05, 0) is 44.3 Å². The van der Waals surface area contributed by atoms with Crippen molar-refractivity contribution in [2.75, 3.05) is 13.6 Å². The molecule has 0 bridgehead atoms. The monoisotopic (exact) mass is 195 g/mol.